The second-order valence-corrected chi connectivity index (χ2v) is 3.25. The van der Waals surface area contributed by atoms with E-state index in [2.05, 4.69) is 15.2 Å². The number of hydrogen-bond acceptors (Lipinski definition) is 6. The van der Waals surface area contributed by atoms with Gasteiger partial charge in [0, 0.05) is 7.11 Å². The molecule has 0 aromatic carbocycles. The van der Waals surface area contributed by atoms with E-state index in [1.54, 1.807) is 25.6 Å². The van der Waals surface area contributed by atoms with E-state index in [-0.39, 0.29) is 0 Å². The Morgan fingerprint density at radius 2 is 2.06 bits per heavy atom. The fraction of sp³-hybridized carbons (Fsp3) is 0.300. The summed E-state index contributed by atoms with van der Waals surface area (Å²) in [5, 5.41) is 8.03. The first-order valence-electron chi connectivity index (χ1n) is 5.05. The minimum atomic E-state index is 0.404. The molecule has 90 valence electrons. The molecule has 0 aliphatic rings. The summed E-state index contributed by atoms with van der Waals surface area (Å²) in [6, 6.07) is 1.70. The van der Waals surface area contributed by atoms with Crippen LogP contribution in [0.4, 0.5) is 5.69 Å². The summed E-state index contributed by atoms with van der Waals surface area (Å²) in [6.07, 6.45) is 4.67. The first kappa shape index (κ1) is 11.3. The van der Waals surface area contributed by atoms with Crippen LogP contribution in [-0.2, 0) is 4.74 Å². The topological polar surface area (TPSA) is 88.1 Å². The lowest BCUT2D eigenvalue weighted by Gasteiger charge is -2.09. The molecule has 0 spiro atoms. The van der Waals surface area contributed by atoms with E-state index in [0.717, 1.165) is 0 Å². The second-order valence-electron chi connectivity index (χ2n) is 3.25. The normalized spacial score (nSPS) is 10.4. The maximum absolute atomic E-state index is 5.68. The molecule has 0 aliphatic carbocycles. The Labute approximate surface area is 98.2 Å². The number of ether oxygens (including phenoxy) is 2. The van der Waals surface area contributed by atoms with Crippen LogP contribution in [0, 0.1) is 0 Å². The Kier molecular flexibility index (Phi) is 3.51. The van der Waals surface area contributed by atoms with Crippen molar-refractivity contribution in [3.05, 3.63) is 24.7 Å². The maximum atomic E-state index is 5.68. The molecule has 0 radical (unpaired) electrons. The van der Waals surface area contributed by atoms with E-state index >= 15 is 0 Å². The van der Waals surface area contributed by atoms with Crippen LogP contribution in [0.25, 0.3) is 5.69 Å². The zero-order valence-electron chi connectivity index (χ0n) is 9.41. The van der Waals surface area contributed by atoms with Crippen molar-refractivity contribution in [2.75, 3.05) is 26.1 Å². The molecule has 0 amide bonds. The molecule has 2 aromatic rings. The van der Waals surface area contributed by atoms with Crippen LogP contribution < -0.4 is 10.5 Å². The zero-order valence-corrected chi connectivity index (χ0v) is 9.41. The van der Waals surface area contributed by atoms with Gasteiger partial charge in [0.25, 0.3) is 0 Å². The molecule has 7 nitrogen and oxygen atoms in total. The summed E-state index contributed by atoms with van der Waals surface area (Å²) in [5.74, 6) is 0.424. The highest BCUT2D eigenvalue weighted by molar-refractivity contribution is 5.50. The van der Waals surface area contributed by atoms with Crippen molar-refractivity contribution in [2.45, 2.75) is 0 Å². The highest BCUT2D eigenvalue weighted by Crippen LogP contribution is 2.20. The van der Waals surface area contributed by atoms with Crippen molar-refractivity contribution in [2.24, 2.45) is 0 Å². The summed E-state index contributed by atoms with van der Waals surface area (Å²) in [7, 11) is 1.61. The summed E-state index contributed by atoms with van der Waals surface area (Å²) in [5.41, 5.74) is 6.80. The van der Waals surface area contributed by atoms with Gasteiger partial charge >= 0.3 is 0 Å². The van der Waals surface area contributed by atoms with E-state index < -0.39 is 0 Å². The van der Waals surface area contributed by atoms with Crippen LogP contribution in [0.1, 0.15) is 0 Å². The van der Waals surface area contributed by atoms with Crippen LogP contribution in [0.15, 0.2) is 24.7 Å². The average molecular weight is 235 g/mol. The number of rotatable bonds is 5. The van der Waals surface area contributed by atoms with Crippen molar-refractivity contribution in [1.82, 2.24) is 20.0 Å². The molecule has 7 heteroatoms. The average Bonchev–Trinajstić information content (AvgIpc) is 2.85. The Morgan fingerprint density at radius 1 is 1.29 bits per heavy atom. The lowest BCUT2D eigenvalue weighted by molar-refractivity contribution is 0.143. The van der Waals surface area contributed by atoms with Gasteiger partial charge in [-0.25, -0.2) is 4.98 Å². The van der Waals surface area contributed by atoms with E-state index in [0.29, 0.717) is 30.5 Å². The predicted molar refractivity (Wildman–Crippen MR) is 60.9 cm³/mol. The molecule has 17 heavy (non-hydrogen) atoms. The van der Waals surface area contributed by atoms with Gasteiger partial charge in [0.05, 0.1) is 30.9 Å². The molecule has 2 N–H and O–H groups in total. The number of nitrogens with zero attached hydrogens (tertiary/aromatic N) is 4. The number of nitrogen functional groups attached to an aromatic ring is 1. The van der Waals surface area contributed by atoms with Crippen molar-refractivity contribution < 1.29 is 9.47 Å². The molecule has 2 rings (SSSR count). The molecule has 0 saturated heterocycles. The number of aromatic nitrogens is 4. The van der Waals surface area contributed by atoms with Crippen LogP contribution in [0.5, 0.6) is 5.88 Å². The van der Waals surface area contributed by atoms with E-state index in [4.69, 9.17) is 15.2 Å². The lowest BCUT2D eigenvalue weighted by Crippen LogP contribution is -2.10. The number of methoxy groups -OCH3 is 1. The third-order valence-corrected chi connectivity index (χ3v) is 2.01. The third kappa shape index (κ3) is 2.70. The molecule has 2 aromatic heterocycles. The van der Waals surface area contributed by atoms with Gasteiger partial charge in [-0.1, -0.05) is 0 Å². The monoisotopic (exact) mass is 235 g/mol. The van der Waals surface area contributed by atoms with E-state index in [9.17, 15) is 0 Å². The van der Waals surface area contributed by atoms with Crippen molar-refractivity contribution >= 4 is 5.69 Å². The highest BCUT2D eigenvalue weighted by atomic mass is 16.5. The Morgan fingerprint density at radius 3 is 2.76 bits per heavy atom. The van der Waals surface area contributed by atoms with Gasteiger partial charge in [-0.2, -0.15) is 10.2 Å². The van der Waals surface area contributed by atoms with E-state index in [1.807, 2.05) is 0 Å². The Hall–Kier alpha value is -2.15. The van der Waals surface area contributed by atoms with Crippen molar-refractivity contribution in [3.8, 4) is 11.6 Å². The molecular weight excluding hydrogens is 222 g/mol. The van der Waals surface area contributed by atoms with Gasteiger partial charge in [-0.05, 0) is 6.07 Å². The van der Waals surface area contributed by atoms with Crippen LogP contribution in [0.2, 0.25) is 0 Å². The summed E-state index contributed by atoms with van der Waals surface area (Å²) in [4.78, 5) is 5.51. The molecule has 0 aliphatic heterocycles. The molecule has 0 fully saturated rings. The first-order valence-corrected chi connectivity index (χ1v) is 5.05. The summed E-state index contributed by atoms with van der Waals surface area (Å²) in [6.45, 7) is 0.889. The number of hydrogen-bond donors (Lipinski definition) is 1. The predicted octanol–water partition coefficient (Wildman–Crippen LogP) is 0.270. The van der Waals surface area contributed by atoms with Crippen molar-refractivity contribution in [1.29, 1.82) is 0 Å². The molecule has 0 saturated carbocycles. The fourth-order valence-electron chi connectivity index (χ4n) is 1.27. The third-order valence-electron chi connectivity index (χ3n) is 2.01. The lowest BCUT2D eigenvalue weighted by atomic mass is 10.4. The number of nitrogens with two attached hydrogens (primary N) is 1. The minimum absolute atomic E-state index is 0.404. The smallest absolute Gasteiger partial charge is 0.242 e. The molecular formula is C10H13N5O2. The SMILES string of the molecule is COCCOc1ncc(N)cc1-n1nccn1. The van der Waals surface area contributed by atoms with Gasteiger partial charge in [0.15, 0.2) is 0 Å². The quantitative estimate of drug-likeness (QED) is 0.748. The summed E-state index contributed by atoms with van der Waals surface area (Å²) < 4.78 is 10.4. The van der Waals surface area contributed by atoms with Crippen LogP contribution >= 0.6 is 0 Å². The Balaban J connectivity index is 2.25. The van der Waals surface area contributed by atoms with Gasteiger partial charge in [-0.3, -0.25) is 0 Å². The Bertz CT molecular complexity index is 472. The summed E-state index contributed by atoms with van der Waals surface area (Å²) >= 11 is 0. The second kappa shape index (κ2) is 5.26. The largest absolute Gasteiger partial charge is 0.474 e. The molecule has 2 heterocycles. The highest BCUT2D eigenvalue weighted by Gasteiger charge is 2.09. The molecule has 0 unspecified atom stereocenters. The number of pyridine rings is 1. The van der Waals surface area contributed by atoms with Crippen molar-refractivity contribution in [3.63, 3.8) is 0 Å². The van der Waals surface area contributed by atoms with E-state index in [1.165, 1.54) is 11.0 Å². The first-order chi connectivity index (χ1) is 8.31. The zero-order chi connectivity index (χ0) is 12.1. The van der Waals surface area contributed by atoms with Gasteiger partial charge in [-0.15, -0.1) is 4.80 Å². The van der Waals surface area contributed by atoms with Gasteiger partial charge in [0.1, 0.15) is 12.3 Å². The van der Waals surface area contributed by atoms with Crippen LogP contribution in [-0.4, -0.2) is 40.3 Å². The number of anilines is 1. The fourth-order valence-corrected chi connectivity index (χ4v) is 1.27. The molecule has 0 atom stereocenters. The maximum Gasteiger partial charge on any atom is 0.242 e. The van der Waals surface area contributed by atoms with Gasteiger partial charge < -0.3 is 15.2 Å². The molecule has 0 bridgehead atoms. The standard InChI is InChI=1S/C10H13N5O2/c1-16-4-5-17-10-9(6-8(11)7-12-10)15-13-2-3-14-15/h2-3,6-7H,4-5,11H2,1H3. The van der Waals surface area contributed by atoms with Gasteiger partial charge in [0.2, 0.25) is 5.88 Å². The van der Waals surface area contributed by atoms with Crippen LogP contribution in [0.3, 0.4) is 0 Å². The minimum Gasteiger partial charge on any atom is -0.474 e.